The van der Waals surface area contributed by atoms with Crippen LogP contribution in [0.15, 0.2) is 0 Å². The van der Waals surface area contributed by atoms with E-state index < -0.39 is 0 Å². The summed E-state index contributed by atoms with van der Waals surface area (Å²) in [4.78, 5) is 0. The molecule has 0 bridgehead atoms. The van der Waals surface area contributed by atoms with Crippen LogP contribution < -0.4 is 5.32 Å². The van der Waals surface area contributed by atoms with Crippen LogP contribution in [0.4, 0.5) is 0 Å². The summed E-state index contributed by atoms with van der Waals surface area (Å²) in [7, 11) is 2.00. The van der Waals surface area contributed by atoms with Crippen molar-refractivity contribution in [3.63, 3.8) is 0 Å². The molecule has 0 saturated carbocycles. The van der Waals surface area contributed by atoms with E-state index in [1.54, 1.807) is 0 Å². The summed E-state index contributed by atoms with van der Waals surface area (Å²) in [6.07, 6.45) is 5.11. The maximum atomic E-state index is 5.62. The highest BCUT2D eigenvalue weighted by molar-refractivity contribution is 4.67. The number of hydrogen-bond acceptors (Lipinski definition) is 3. The lowest BCUT2D eigenvalue weighted by Crippen LogP contribution is -2.39. The first-order chi connectivity index (χ1) is 7.14. The van der Waals surface area contributed by atoms with Crippen molar-refractivity contribution in [2.45, 2.75) is 45.3 Å². The summed E-state index contributed by atoms with van der Waals surface area (Å²) in [5.41, 5.74) is 0. The first-order valence-electron chi connectivity index (χ1n) is 6.06. The minimum absolute atomic E-state index is 0.359. The fraction of sp³-hybridized carbons (Fsp3) is 1.00. The van der Waals surface area contributed by atoms with Crippen LogP contribution in [-0.2, 0) is 9.47 Å². The van der Waals surface area contributed by atoms with Crippen molar-refractivity contribution in [2.24, 2.45) is 5.92 Å². The maximum Gasteiger partial charge on any atom is 0.162 e. The van der Waals surface area contributed by atoms with Gasteiger partial charge in [-0.25, -0.2) is 0 Å². The van der Waals surface area contributed by atoms with E-state index in [2.05, 4.69) is 5.32 Å². The van der Waals surface area contributed by atoms with Crippen LogP contribution in [0, 0.1) is 5.92 Å². The van der Waals surface area contributed by atoms with E-state index in [1.165, 1.54) is 25.7 Å². The van der Waals surface area contributed by atoms with E-state index in [0.717, 1.165) is 19.8 Å². The molecule has 0 spiro atoms. The van der Waals surface area contributed by atoms with Gasteiger partial charge < -0.3 is 14.8 Å². The van der Waals surface area contributed by atoms with Crippen molar-refractivity contribution >= 4 is 0 Å². The Hall–Kier alpha value is -0.120. The van der Waals surface area contributed by atoms with Crippen LogP contribution in [0.5, 0.6) is 0 Å². The van der Waals surface area contributed by atoms with Gasteiger partial charge >= 0.3 is 0 Å². The van der Waals surface area contributed by atoms with Gasteiger partial charge in [-0.05, 0) is 40.3 Å². The molecule has 1 rings (SSSR count). The highest BCUT2D eigenvalue weighted by atomic mass is 16.7. The standard InChI is InChI=1S/C12H25NO2/c1-12(2)14-9-11(10-15-12)7-5-4-6-8-13-3/h11,13H,4-10H2,1-3H3. The van der Waals surface area contributed by atoms with Gasteiger partial charge in [0.25, 0.3) is 0 Å². The second-order valence-electron chi connectivity index (χ2n) is 4.84. The smallest absolute Gasteiger partial charge is 0.162 e. The van der Waals surface area contributed by atoms with Crippen molar-refractivity contribution < 1.29 is 9.47 Å². The molecular weight excluding hydrogens is 190 g/mol. The van der Waals surface area contributed by atoms with E-state index in [9.17, 15) is 0 Å². The molecule has 1 aliphatic rings. The lowest BCUT2D eigenvalue weighted by molar-refractivity contribution is -0.262. The summed E-state index contributed by atoms with van der Waals surface area (Å²) in [6, 6.07) is 0. The Bertz CT molecular complexity index is 161. The third-order valence-corrected chi connectivity index (χ3v) is 2.87. The number of hydrogen-bond donors (Lipinski definition) is 1. The Morgan fingerprint density at radius 3 is 2.40 bits per heavy atom. The Morgan fingerprint density at radius 1 is 1.13 bits per heavy atom. The molecule has 0 unspecified atom stereocenters. The molecule has 0 atom stereocenters. The van der Waals surface area contributed by atoms with E-state index in [-0.39, 0.29) is 5.79 Å². The Labute approximate surface area is 93.5 Å². The van der Waals surface area contributed by atoms with Gasteiger partial charge in [-0.2, -0.15) is 0 Å². The molecule has 15 heavy (non-hydrogen) atoms. The quantitative estimate of drug-likeness (QED) is 0.689. The van der Waals surface area contributed by atoms with Gasteiger partial charge in [0.15, 0.2) is 5.79 Å². The molecule has 90 valence electrons. The molecule has 0 aliphatic carbocycles. The monoisotopic (exact) mass is 215 g/mol. The average Bonchev–Trinajstić information content (AvgIpc) is 2.20. The zero-order valence-corrected chi connectivity index (χ0v) is 10.3. The van der Waals surface area contributed by atoms with E-state index in [1.807, 2.05) is 20.9 Å². The predicted octanol–water partition coefficient (Wildman–Crippen LogP) is 2.17. The van der Waals surface area contributed by atoms with Crippen molar-refractivity contribution in [3.8, 4) is 0 Å². The lowest BCUT2D eigenvalue weighted by Gasteiger charge is -2.35. The predicted molar refractivity (Wildman–Crippen MR) is 61.9 cm³/mol. The van der Waals surface area contributed by atoms with Crippen LogP contribution in [-0.4, -0.2) is 32.6 Å². The number of unbranched alkanes of at least 4 members (excludes halogenated alkanes) is 2. The van der Waals surface area contributed by atoms with Gasteiger partial charge in [0.05, 0.1) is 13.2 Å². The molecule has 0 aromatic rings. The molecule has 0 amide bonds. The summed E-state index contributed by atoms with van der Waals surface area (Å²) in [6.45, 7) is 6.81. The number of nitrogens with one attached hydrogen (secondary N) is 1. The number of rotatable bonds is 6. The molecule has 1 aliphatic heterocycles. The van der Waals surface area contributed by atoms with Gasteiger partial charge in [0.2, 0.25) is 0 Å². The first kappa shape index (κ1) is 12.9. The number of ether oxygens (including phenoxy) is 2. The van der Waals surface area contributed by atoms with Gasteiger partial charge in [-0.1, -0.05) is 12.8 Å². The largest absolute Gasteiger partial charge is 0.350 e. The van der Waals surface area contributed by atoms with Gasteiger partial charge in [0, 0.05) is 5.92 Å². The molecule has 0 radical (unpaired) electrons. The fourth-order valence-corrected chi connectivity index (χ4v) is 1.81. The molecule has 1 saturated heterocycles. The van der Waals surface area contributed by atoms with E-state index in [4.69, 9.17) is 9.47 Å². The first-order valence-corrected chi connectivity index (χ1v) is 6.06. The molecule has 3 heteroatoms. The van der Waals surface area contributed by atoms with Crippen LogP contribution in [0.25, 0.3) is 0 Å². The Kier molecular flexibility index (Phi) is 5.58. The van der Waals surface area contributed by atoms with Crippen LogP contribution in [0.3, 0.4) is 0 Å². The molecule has 1 heterocycles. The van der Waals surface area contributed by atoms with Gasteiger partial charge in [-0.3, -0.25) is 0 Å². The van der Waals surface area contributed by atoms with Gasteiger partial charge in [-0.15, -0.1) is 0 Å². The molecule has 1 fully saturated rings. The lowest BCUT2D eigenvalue weighted by atomic mass is 10.0. The SMILES string of the molecule is CNCCCCCC1COC(C)(C)OC1. The topological polar surface area (TPSA) is 30.5 Å². The van der Waals surface area contributed by atoms with E-state index >= 15 is 0 Å². The Balaban J connectivity index is 1.99. The molecular formula is C12H25NO2. The summed E-state index contributed by atoms with van der Waals surface area (Å²) >= 11 is 0. The summed E-state index contributed by atoms with van der Waals surface area (Å²) in [5, 5.41) is 3.17. The van der Waals surface area contributed by atoms with Crippen LogP contribution in [0.2, 0.25) is 0 Å². The third kappa shape index (κ3) is 5.50. The van der Waals surface area contributed by atoms with Crippen LogP contribution in [0.1, 0.15) is 39.5 Å². The molecule has 0 aromatic carbocycles. The molecule has 0 aromatic heterocycles. The van der Waals surface area contributed by atoms with Crippen molar-refractivity contribution in [3.05, 3.63) is 0 Å². The minimum Gasteiger partial charge on any atom is -0.350 e. The van der Waals surface area contributed by atoms with Crippen molar-refractivity contribution in [2.75, 3.05) is 26.8 Å². The van der Waals surface area contributed by atoms with Crippen LogP contribution >= 0.6 is 0 Å². The van der Waals surface area contributed by atoms with Crippen molar-refractivity contribution in [1.82, 2.24) is 5.32 Å². The summed E-state index contributed by atoms with van der Waals surface area (Å²) < 4.78 is 11.2. The zero-order chi connectivity index (χ0) is 11.1. The molecule has 1 N–H and O–H groups in total. The average molecular weight is 215 g/mol. The zero-order valence-electron chi connectivity index (χ0n) is 10.3. The highest BCUT2D eigenvalue weighted by Gasteiger charge is 2.27. The minimum atomic E-state index is -0.359. The second kappa shape index (κ2) is 6.46. The van der Waals surface area contributed by atoms with E-state index in [0.29, 0.717) is 5.92 Å². The third-order valence-electron chi connectivity index (χ3n) is 2.87. The highest BCUT2D eigenvalue weighted by Crippen LogP contribution is 2.23. The second-order valence-corrected chi connectivity index (χ2v) is 4.84. The Morgan fingerprint density at radius 2 is 1.80 bits per heavy atom. The normalized spacial score (nSPS) is 21.8. The van der Waals surface area contributed by atoms with Gasteiger partial charge in [0.1, 0.15) is 0 Å². The fourth-order valence-electron chi connectivity index (χ4n) is 1.81. The maximum absolute atomic E-state index is 5.62. The molecule has 3 nitrogen and oxygen atoms in total. The summed E-state index contributed by atoms with van der Waals surface area (Å²) in [5.74, 6) is 0.246. The van der Waals surface area contributed by atoms with Crippen molar-refractivity contribution in [1.29, 1.82) is 0 Å².